The lowest BCUT2D eigenvalue weighted by Gasteiger charge is -2.14. The van der Waals surface area contributed by atoms with Gasteiger partial charge in [0.05, 0.1) is 17.3 Å². The summed E-state index contributed by atoms with van der Waals surface area (Å²) >= 11 is 0. The van der Waals surface area contributed by atoms with Gasteiger partial charge in [-0.25, -0.2) is 4.99 Å². The molecule has 0 fully saturated rings. The molecule has 0 unspecified atom stereocenters. The van der Waals surface area contributed by atoms with E-state index in [0.29, 0.717) is 11.5 Å². The third kappa shape index (κ3) is 5.17. The molecule has 0 saturated carbocycles. The fourth-order valence-electron chi connectivity index (χ4n) is 3.14. The first kappa shape index (κ1) is 22.0. The number of amidine groups is 1. The Bertz CT molecular complexity index is 1280. The molecule has 0 amide bonds. The molecule has 0 aliphatic heterocycles. The zero-order valence-corrected chi connectivity index (χ0v) is 17.4. The van der Waals surface area contributed by atoms with Crippen molar-refractivity contribution in [3.05, 3.63) is 71.5 Å². The SMILES string of the molecule is Cc1noc(C)c1-c1ccc(C[n+]2cc(N=C([O-])Nc3cccc(C(F)(F)F)c3)on2)nc1. The number of halogens is 3. The van der Waals surface area contributed by atoms with E-state index in [0.717, 1.165) is 29.0 Å². The van der Waals surface area contributed by atoms with Crippen LogP contribution in [0.5, 0.6) is 0 Å². The summed E-state index contributed by atoms with van der Waals surface area (Å²) in [5, 5.41) is 22.0. The molecule has 0 spiro atoms. The summed E-state index contributed by atoms with van der Waals surface area (Å²) in [5.41, 5.74) is 2.25. The topological polar surface area (TPSA) is 116 Å². The average molecular weight is 458 g/mol. The molecule has 0 radical (unpaired) electrons. The van der Waals surface area contributed by atoms with Crippen molar-refractivity contribution in [1.82, 2.24) is 15.4 Å². The van der Waals surface area contributed by atoms with E-state index in [1.165, 1.54) is 23.0 Å². The number of anilines is 1. The Morgan fingerprint density at radius 1 is 1.18 bits per heavy atom. The third-order valence-electron chi connectivity index (χ3n) is 4.62. The second-order valence-electron chi connectivity index (χ2n) is 7.10. The highest BCUT2D eigenvalue weighted by Crippen LogP contribution is 2.30. The number of nitrogens with one attached hydrogen (secondary N) is 1. The monoisotopic (exact) mass is 458 g/mol. The highest BCUT2D eigenvalue weighted by Gasteiger charge is 2.30. The van der Waals surface area contributed by atoms with E-state index in [1.54, 1.807) is 12.3 Å². The third-order valence-corrected chi connectivity index (χ3v) is 4.62. The molecule has 1 N–H and O–H groups in total. The van der Waals surface area contributed by atoms with Gasteiger partial charge in [0.2, 0.25) is 11.8 Å². The number of benzene rings is 1. The molecule has 3 aromatic heterocycles. The Balaban J connectivity index is 1.42. The summed E-state index contributed by atoms with van der Waals surface area (Å²) < 4.78 is 49.9. The lowest BCUT2D eigenvalue weighted by Crippen LogP contribution is -2.35. The number of nitrogens with zero attached hydrogens (tertiary/aromatic N) is 5. The predicted octanol–water partition coefficient (Wildman–Crippen LogP) is 3.16. The maximum absolute atomic E-state index is 12.8. The van der Waals surface area contributed by atoms with Crippen molar-refractivity contribution in [1.29, 1.82) is 0 Å². The van der Waals surface area contributed by atoms with Crippen LogP contribution in [0.25, 0.3) is 11.1 Å². The second-order valence-corrected chi connectivity index (χ2v) is 7.10. The van der Waals surface area contributed by atoms with Crippen LogP contribution in [0.2, 0.25) is 0 Å². The molecule has 9 nitrogen and oxygen atoms in total. The van der Waals surface area contributed by atoms with E-state index in [4.69, 9.17) is 9.05 Å². The van der Waals surface area contributed by atoms with E-state index >= 15 is 0 Å². The maximum atomic E-state index is 12.8. The van der Waals surface area contributed by atoms with Crippen molar-refractivity contribution >= 4 is 17.6 Å². The van der Waals surface area contributed by atoms with Gasteiger partial charge in [0, 0.05) is 23.0 Å². The van der Waals surface area contributed by atoms with Gasteiger partial charge in [0.15, 0.2) is 0 Å². The quantitative estimate of drug-likeness (QED) is 0.277. The van der Waals surface area contributed by atoms with Crippen LogP contribution in [0, 0.1) is 13.8 Å². The fourth-order valence-corrected chi connectivity index (χ4v) is 3.14. The Morgan fingerprint density at radius 3 is 2.67 bits per heavy atom. The van der Waals surface area contributed by atoms with Gasteiger partial charge in [-0.1, -0.05) is 17.3 Å². The van der Waals surface area contributed by atoms with E-state index in [2.05, 4.69) is 25.7 Å². The molecule has 0 aliphatic carbocycles. The van der Waals surface area contributed by atoms with E-state index in [9.17, 15) is 18.3 Å². The van der Waals surface area contributed by atoms with Crippen LogP contribution in [0.4, 0.5) is 24.7 Å². The van der Waals surface area contributed by atoms with Crippen LogP contribution in [0.3, 0.4) is 0 Å². The van der Waals surface area contributed by atoms with Crippen LogP contribution < -0.4 is 15.1 Å². The Morgan fingerprint density at radius 2 is 2.00 bits per heavy atom. The molecule has 170 valence electrons. The Labute approximate surface area is 185 Å². The van der Waals surface area contributed by atoms with Gasteiger partial charge in [-0.2, -0.15) is 13.2 Å². The van der Waals surface area contributed by atoms with Gasteiger partial charge >= 0.3 is 12.1 Å². The molecule has 12 heteroatoms. The Kier molecular flexibility index (Phi) is 5.82. The molecule has 3 heterocycles. The minimum Gasteiger partial charge on any atom is -0.846 e. The summed E-state index contributed by atoms with van der Waals surface area (Å²) in [6.07, 6.45) is -1.46. The number of aliphatic imine (C=N–C) groups is 1. The van der Waals surface area contributed by atoms with Gasteiger partial charge in [0.1, 0.15) is 11.5 Å². The van der Waals surface area contributed by atoms with Gasteiger partial charge in [0.25, 0.3) is 6.20 Å². The van der Waals surface area contributed by atoms with E-state index in [-0.39, 0.29) is 18.1 Å². The fraction of sp³-hybridized carbons (Fsp3) is 0.190. The smallest absolute Gasteiger partial charge is 0.416 e. The van der Waals surface area contributed by atoms with E-state index < -0.39 is 17.8 Å². The molecule has 0 aliphatic rings. The highest BCUT2D eigenvalue weighted by atomic mass is 19.4. The normalized spacial score (nSPS) is 12.2. The van der Waals surface area contributed by atoms with Gasteiger partial charge in [-0.05, 0) is 42.8 Å². The molecule has 4 rings (SSSR count). The summed E-state index contributed by atoms with van der Waals surface area (Å²) in [6, 6.07) is 7.00. The number of pyridine rings is 1. The largest absolute Gasteiger partial charge is 0.846 e. The Hall–Kier alpha value is -4.22. The number of aromatic nitrogens is 4. The average Bonchev–Trinajstić information content (AvgIpc) is 3.33. The van der Waals surface area contributed by atoms with Crippen LogP contribution in [-0.4, -0.2) is 21.4 Å². The first-order chi connectivity index (χ1) is 15.7. The first-order valence-corrected chi connectivity index (χ1v) is 9.63. The molecular weight excluding hydrogens is 441 g/mol. The number of rotatable bonds is 5. The molecule has 0 bridgehead atoms. The minimum atomic E-state index is -4.52. The van der Waals surface area contributed by atoms with Gasteiger partial charge in [-0.3, -0.25) is 9.51 Å². The summed E-state index contributed by atoms with van der Waals surface area (Å²) in [7, 11) is 0. The van der Waals surface area contributed by atoms with Crippen LogP contribution >= 0.6 is 0 Å². The second kappa shape index (κ2) is 8.73. The molecule has 0 saturated heterocycles. The molecule has 4 aromatic rings. The first-order valence-electron chi connectivity index (χ1n) is 9.63. The van der Waals surface area contributed by atoms with Gasteiger partial charge < -0.3 is 14.9 Å². The van der Waals surface area contributed by atoms with Crippen molar-refractivity contribution < 1.29 is 32.0 Å². The summed E-state index contributed by atoms with van der Waals surface area (Å²) in [6.45, 7) is 3.91. The van der Waals surface area contributed by atoms with Crippen LogP contribution in [0.15, 0.2) is 62.8 Å². The minimum absolute atomic E-state index is 0.0476. The van der Waals surface area contributed by atoms with Gasteiger partial charge in [-0.15, -0.1) is 0 Å². The van der Waals surface area contributed by atoms with Crippen LogP contribution in [0.1, 0.15) is 22.7 Å². The van der Waals surface area contributed by atoms with Crippen molar-refractivity contribution in [2.24, 2.45) is 4.99 Å². The highest BCUT2D eigenvalue weighted by molar-refractivity contribution is 5.87. The molecule has 33 heavy (non-hydrogen) atoms. The zero-order chi connectivity index (χ0) is 23.6. The maximum Gasteiger partial charge on any atom is 0.416 e. The number of hydrogen-bond donors (Lipinski definition) is 1. The van der Waals surface area contributed by atoms with Crippen LogP contribution in [-0.2, 0) is 12.7 Å². The predicted molar refractivity (Wildman–Crippen MR) is 107 cm³/mol. The number of aryl methyl sites for hydroxylation is 2. The summed E-state index contributed by atoms with van der Waals surface area (Å²) in [5.74, 6) is 0.578. The standard InChI is InChI=1S/C21H17F3N6O3/c1-12-19(13(2)32-28-12)14-6-7-17(25-9-14)10-30-11-18(33-29-30)27-20(31)26-16-5-3-4-15(8-16)21(22,23)24/h3-9,11H,10H2,1-2H3,(H-,26,27,29,31). The molecule has 1 aromatic carbocycles. The van der Waals surface area contributed by atoms with E-state index in [1.807, 2.05) is 19.9 Å². The van der Waals surface area contributed by atoms with Crippen molar-refractivity contribution in [3.8, 4) is 11.1 Å². The lowest BCUT2D eigenvalue weighted by molar-refractivity contribution is -0.755. The zero-order valence-electron chi connectivity index (χ0n) is 17.4. The number of hydrogen-bond acceptors (Lipinski definition) is 7. The number of alkyl halides is 3. The van der Waals surface area contributed by atoms with Crippen molar-refractivity contribution in [3.63, 3.8) is 0 Å². The van der Waals surface area contributed by atoms with Crippen molar-refractivity contribution in [2.75, 3.05) is 5.32 Å². The van der Waals surface area contributed by atoms with Crippen molar-refractivity contribution in [2.45, 2.75) is 26.6 Å². The molecular formula is C21H17F3N6O3. The molecule has 0 atom stereocenters. The lowest BCUT2D eigenvalue weighted by atomic mass is 10.1. The summed E-state index contributed by atoms with van der Waals surface area (Å²) in [4.78, 5) is 8.05.